The molecule has 0 heterocycles. The van der Waals surface area contributed by atoms with Gasteiger partial charge in [0, 0.05) is 12.1 Å². The van der Waals surface area contributed by atoms with Crippen molar-refractivity contribution in [3.8, 4) is 0 Å². The van der Waals surface area contributed by atoms with E-state index in [0.717, 1.165) is 0 Å². The van der Waals surface area contributed by atoms with Crippen LogP contribution in [0.4, 0.5) is 13.2 Å². The van der Waals surface area contributed by atoms with Crippen LogP contribution in [0.5, 0.6) is 0 Å². The van der Waals surface area contributed by atoms with Gasteiger partial charge in [0.05, 0.1) is 0 Å². The van der Waals surface area contributed by atoms with Crippen molar-refractivity contribution in [2.24, 2.45) is 5.73 Å². The van der Waals surface area contributed by atoms with Crippen LogP contribution in [-0.4, -0.2) is 37.4 Å². The Morgan fingerprint density at radius 2 is 1.82 bits per heavy atom. The average molecular weight is 256 g/mol. The molecule has 0 saturated heterocycles. The van der Waals surface area contributed by atoms with Crippen LogP contribution in [-0.2, 0) is 9.53 Å². The highest BCUT2D eigenvalue weighted by Gasteiger charge is 2.28. The largest absolute Gasteiger partial charge is 0.411 e. The standard InChI is InChI=1S/C10H19F3N2O2/c1-3-9(14,4-2)6-15-8(16)5-17-7-10(11,12)13/h3-7,14H2,1-2H3,(H,15,16). The third kappa shape index (κ3) is 7.98. The monoisotopic (exact) mass is 256 g/mol. The van der Waals surface area contributed by atoms with Gasteiger partial charge in [0.2, 0.25) is 5.91 Å². The van der Waals surface area contributed by atoms with E-state index in [2.05, 4.69) is 10.1 Å². The average Bonchev–Trinajstić information content (AvgIpc) is 2.24. The zero-order valence-electron chi connectivity index (χ0n) is 10.1. The van der Waals surface area contributed by atoms with E-state index in [-0.39, 0.29) is 6.54 Å². The zero-order chi connectivity index (χ0) is 13.5. The number of nitrogens with two attached hydrogens (primary N) is 1. The Bertz CT molecular complexity index is 240. The van der Waals surface area contributed by atoms with Crippen molar-refractivity contribution in [3.63, 3.8) is 0 Å². The number of carbonyl (C=O) groups is 1. The second kappa shape index (κ2) is 6.80. The highest BCUT2D eigenvalue weighted by Crippen LogP contribution is 2.14. The maximum absolute atomic E-state index is 11.7. The molecule has 4 nitrogen and oxygen atoms in total. The summed E-state index contributed by atoms with van der Waals surface area (Å²) in [7, 11) is 0. The number of hydrogen-bond donors (Lipinski definition) is 2. The lowest BCUT2D eigenvalue weighted by molar-refractivity contribution is -0.175. The molecule has 0 atom stereocenters. The Morgan fingerprint density at radius 3 is 2.24 bits per heavy atom. The van der Waals surface area contributed by atoms with E-state index in [4.69, 9.17) is 5.73 Å². The lowest BCUT2D eigenvalue weighted by atomic mass is 9.94. The molecule has 0 spiro atoms. The van der Waals surface area contributed by atoms with Gasteiger partial charge < -0.3 is 15.8 Å². The van der Waals surface area contributed by atoms with Crippen LogP contribution < -0.4 is 11.1 Å². The number of halogens is 3. The second-order valence-corrected chi connectivity index (χ2v) is 3.95. The van der Waals surface area contributed by atoms with Crippen LogP contribution in [0.2, 0.25) is 0 Å². The van der Waals surface area contributed by atoms with Crippen LogP contribution in [0.3, 0.4) is 0 Å². The summed E-state index contributed by atoms with van der Waals surface area (Å²) in [5.74, 6) is -0.592. The van der Waals surface area contributed by atoms with Gasteiger partial charge in [-0.3, -0.25) is 4.79 Å². The molecule has 0 aromatic heterocycles. The molecule has 0 unspecified atom stereocenters. The van der Waals surface area contributed by atoms with Crippen molar-refractivity contribution >= 4 is 5.91 Å². The number of nitrogens with one attached hydrogen (secondary N) is 1. The smallest absolute Gasteiger partial charge is 0.362 e. The molecule has 0 aliphatic heterocycles. The van der Waals surface area contributed by atoms with Crippen LogP contribution in [0.1, 0.15) is 26.7 Å². The third-order valence-electron chi connectivity index (χ3n) is 2.54. The summed E-state index contributed by atoms with van der Waals surface area (Å²) in [5.41, 5.74) is 5.39. The number of hydrogen-bond acceptors (Lipinski definition) is 3. The lowest BCUT2D eigenvalue weighted by Crippen LogP contribution is -2.49. The van der Waals surface area contributed by atoms with Gasteiger partial charge in [-0.15, -0.1) is 0 Å². The Hall–Kier alpha value is -0.820. The van der Waals surface area contributed by atoms with E-state index in [1.54, 1.807) is 0 Å². The number of rotatable bonds is 7. The van der Waals surface area contributed by atoms with Gasteiger partial charge >= 0.3 is 6.18 Å². The van der Waals surface area contributed by atoms with Gasteiger partial charge in [0.1, 0.15) is 13.2 Å². The van der Waals surface area contributed by atoms with Crippen LogP contribution in [0.25, 0.3) is 0 Å². The molecule has 0 saturated carbocycles. The fraction of sp³-hybridized carbons (Fsp3) is 0.900. The summed E-state index contributed by atoms with van der Waals surface area (Å²) in [6.07, 6.45) is -3.06. The lowest BCUT2D eigenvalue weighted by Gasteiger charge is -2.26. The number of amides is 1. The van der Waals surface area contributed by atoms with Crippen LogP contribution in [0, 0.1) is 0 Å². The molecule has 0 aliphatic carbocycles. The van der Waals surface area contributed by atoms with Gasteiger partial charge in [-0.25, -0.2) is 0 Å². The van der Waals surface area contributed by atoms with Crippen molar-refractivity contribution in [3.05, 3.63) is 0 Å². The molecule has 3 N–H and O–H groups in total. The minimum atomic E-state index is -4.41. The molecular weight excluding hydrogens is 237 g/mol. The quantitative estimate of drug-likeness (QED) is 0.719. The first-order chi connectivity index (χ1) is 7.72. The van der Waals surface area contributed by atoms with Gasteiger partial charge in [-0.2, -0.15) is 13.2 Å². The molecular formula is C10H19F3N2O2. The van der Waals surface area contributed by atoms with E-state index < -0.39 is 30.8 Å². The van der Waals surface area contributed by atoms with Crippen molar-refractivity contribution in [1.82, 2.24) is 5.32 Å². The first-order valence-electron chi connectivity index (χ1n) is 5.42. The van der Waals surface area contributed by atoms with Crippen LogP contribution in [0.15, 0.2) is 0 Å². The van der Waals surface area contributed by atoms with E-state index in [0.29, 0.717) is 12.8 Å². The SMILES string of the molecule is CCC(N)(CC)CNC(=O)COCC(F)(F)F. The summed E-state index contributed by atoms with van der Waals surface area (Å²) >= 11 is 0. The Balaban J connectivity index is 3.81. The summed E-state index contributed by atoms with van der Waals surface area (Å²) < 4.78 is 39.4. The van der Waals surface area contributed by atoms with Gasteiger partial charge in [0.25, 0.3) is 0 Å². The number of carbonyl (C=O) groups excluding carboxylic acids is 1. The van der Waals surface area contributed by atoms with Crippen LogP contribution >= 0.6 is 0 Å². The number of ether oxygens (including phenoxy) is 1. The Kier molecular flexibility index (Phi) is 6.48. The summed E-state index contributed by atoms with van der Waals surface area (Å²) in [4.78, 5) is 11.1. The molecule has 7 heteroatoms. The van der Waals surface area contributed by atoms with Crippen molar-refractivity contribution in [2.75, 3.05) is 19.8 Å². The Labute approximate surface area is 98.7 Å². The van der Waals surface area contributed by atoms with Gasteiger partial charge in [-0.1, -0.05) is 13.8 Å². The van der Waals surface area contributed by atoms with E-state index in [1.807, 2.05) is 13.8 Å². The van der Waals surface area contributed by atoms with Crippen molar-refractivity contribution in [1.29, 1.82) is 0 Å². The summed E-state index contributed by atoms with van der Waals surface area (Å²) in [6.45, 7) is 1.97. The second-order valence-electron chi connectivity index (χ2n) is 3.95. The normalized spacial score (nSPS) is 12.6. The molecule has 0 aromatic rings. The summed E-state index contributed by atoms with van der Waals surface area (Å²) in [5, 5.41) is 2.46. The van der Waals surface area contributed by atoms with E-state index in [1.165, 1.54) is 0 Å². The van der Waals surface area contributed by atoms with E-state index >= 15 is 0 Å². The predicted molar refractivity (Wildman–Crippen MR) is 57.4 cm³/mol. The maximum Gasteiger partial charge on any atom is 0.411 e. The molecule has 0 radical (unpaired) electrons. The minimum absolute atomic E-state index is 0.230. The molecule has 0 fully saturated rings. The van der Waals surface area contributed by atoms with Gasteiger partial charge in [-0.05, 0) is 12.8 Å². The highest BCUT2D eigenvalue weighted by atomic mass is 19.4. The Morgan fingerprint density at radius 1 is 1.29 bits per heavy atom. The fourth-order valence-electron chi connectivity index (χ4n) is 1.09. The molecule has 0 bridgehead atoms. The van der Waals surface area contributed by atoms with Crippen molar-refractivity contribution < 1.29 is 22.7 Å². The fourth-order valence-corrected chi connectivity index (χ4v) is 1.09. The molecule has 0 rings (SSSR count). The first-order valence-corrected chi connectivity index (χ1v) is 5.42. The van der Waals surface area contributed by atoms with Crippen molar-refractivity contribution in [2.45, 2.75) is 38.4 Å². The molecule has 1 amide bonds. The minimum Gasteiger partial charge on any atom is -0.362 e. The first kappa shape index (κ1) is 16.2. The predicted octanol–water partition coefficient (Wildman–Crippen LogP) is 1.20. The molecule has 0 aliphatic rings. The third-order valence-corrected chi connectivity index (χ3v) is 2.54. The molecule has 102 valence electrons. The topological polar surface area (TPSA) is 64.3 Å². The highest BCUT2D eigenvalue weighted by molar-refractivity contribution is 5.77. The van der Waals surface area contributed by atoms with Gasteiger partial charge in [0.15, 0.2) is 0 Å². The zero-order valence-corrected chi connectivity index (χ0v) is 10.1. The maximum atomic E-state index is 11.7. The molecule has 0 aromatic carbocycles. The summed E-state index contributed by atoms with van der Waals surface area (Å²) in [6, 6.07) is 0. The van der Waals surface area contributed by atoms with E-state index in [9.17, 15) is 18.0 Å². The molecule has 17 heavy (non-hydrogen) atoms. The number of alkyl halides is 3.